The predicted octanol–water partition coefficient (Wildman–Crippen LogP) is 4.75. The minimum atomic E-state index is -0.452. The molecule has 0 fully saturated rings. The molecule has 0 atom stereocenters. The molecule has 6 heteroatoms. The van der Waals surface area contributed by atoms with Gasteiger partial charge < -0.3 is 5.73 Å². The van der Waals surface area contributed by atoms with E-state index in [9.17, 15) is 10.1 Å². The van der Waals surface area contributed by atoms with Crippen molar-refractivity contribution in [3.8, 4) is 0 Å². The summed E-state index contributed by atoms with van der Waals surface area (Å²) in [6, 6.07) is 17.2. The Hall–Kier alpha value is -3.28. The van der Waals surface area contributed by atoms with Gasteiger partial charge >= 0.3 is 0 Å². The van der Waals surface area contributed by atoms with Gasteiger partial charge in [-0.2, -0.15) is 5.11 Å². The fraction of sp³-hybridized carbons (Fsp3) is 0. The fourth-order valence-electron chi connectivity index (χ4n) is 2.19. The van der Waals surface area contributed by atoms with Crippen LogP contribution in [0.25, 0.3) is 10.8 Å². The molecule has 0 bridgehead atoms. The van der Waals surface area contributed by atoms with E-state index in [-0.39, 0.29) is 5.69 Å². The van der Waals surface area contributed by atoms with Gasteiger partial charge in [0.05, 0.1) is 16.3 Å². The van der Waals surface area contributed by atoms with Crippen molar-refractivity contribution in [2.75, 3.05) is 5.73 Å². The summed E-state index contributed by atoms with van der Waals surface area (Å²) >= 11 is 0. The van der Waals surface area contributed by atoms with E-state index in [1.807, 2.05) is 36.4 Å². The Kier molecular flexibility index (Phi) is 3.49. The second-order valence-corrected chi connectivity index (χ2v) is 4.70. The molecule has 0 spiro atoms. The molecule has 3 aromatic carbocycles. The summed E-state index contributed by atoms with van der Waals surface area (Å²) < 4.78 is 0. The first kappa shape index (κ1) is 13.7. The second-order valence-electron chi connectivity index (χ2n) is 4.70. The quantitative estimate of drug-likeness (QED) is 0.327. The minimum absolute atomic E-state index is 0.0216. The Bertz CT molecular complexity index is 868. The number of non-ortho nitro benzene ring substituents is 1. The summed E-state index contributed by atoms with van der Waals surface area (Å²) in [6.07, 6.45) is 0. The number of hydrogen-bond donors (Lipinski definition) is 1. The third kappa shape index (κ3) is 2.62. The van der Waals surface area contributed by atoms with E-state index in [1.165, 1.54) is 12.1 Å². The zero-order chi connectivity index (χ0) is 15.5. The number of rotatable bonds is 3. The summed E-state index contributed by atoms with van der Waals surface area (Å²) in [7, 11) is 0. The van der Waals surface area contributed by atoms with Gasteiger partial charge in [-0.25, -0.2) is 0 Å². The molecule has 0 saturated heterocycles. The number of nitrogen functional groups attached to an aromatic ring is 1. The number of nitro benzene ring substituents is 1. The Morgan fingerprint density at radius 3 is 2.27 bits per heavy atom. The number of nitrogens with two attached hydrogens (primary N) is 1. The van der Waals surface area contributed by atoms with E-state index >= 15 is 0 Å². The van der Waals surface area contributed by atoms with E-state index in [0.717, 1.165) is 10.8 Å². The van der Waals surface area contributed by atoms with E-state index in [0.29, 0.717) is 17.1 Å². The Labute approximate surface area is 126 Å². The van der Waals surface area contributed by atoms with Crippen LogP contribution in [-0.2, 0) is 0 Å². The van der Waals surface area contributed by atoms with E-state index in [2.05, 4.69) is 10.2 Å². The van der Waals surface area contributed by atoms with Gasteiger partial charge in [0.15, 0.2) is 0 Å². The molecule has 2 N–H and O–H groups in total. The van der Waals surface area contributed by atoms with Crippen LogP contribution in [0.15, 0.2) is 70.9 Å². The summed E-state index contributed by atoms with van der Waals surface area (Å²) in [5.74, 6) is 0. The molecular weight excluding hydrogens is 280 g/mol. The number of nitrogens with zero attached hydrogens (tertiary/aromatic N) is 3. The largest absolute Gasteiger partial charge is 0.398 e. The van der Waals surface area contributed by atoms with Gasteiger partial charge in [0, 0.05) is 23.2 Å². The monoisotopic (exact) mass is 292 g/mol. The zero-order valence-electron chi connectivity index (χ0n) is 11.5. The lowest BCUT2D eigenvalue weighted by Gasteiger charge is -2.04. The first-order chi connectivity index (χ1) is 10.6. The number of nitro groups is 1. The highest BCUT2D eigenvalue weighted by atomic mass is 16.6. The first-order valence-corrected chi connectivity index (χ1v) is 6.58. The van der Waals surface area contributed by atoms with Crippen molar-refractivity contribution in [1.29, 1.82) is 0 Å². The Balaban J connectivity index is 1.97. The number of hydrogen-bond acceptors (Lipinski definition) is 5. The predicted molar refractivity (Wildman–Crippen MR) is 85.6 cm³/mol. The first-order valence-electron chi connectivity index (χ1n) is 6.58. The van der Waals surface area contributed by atoms with Crippen molar-refractivity contribution in [1.82, 2.24) is 0 Å². The average molecular weight is 292 g/mol. The van der Waals surface area contributed by atoms with Crippen molar-refractivity contribution in [3.63, 3.8) is 0 Å². The van der Waals surface area contributed by atoms with Gasteiger partial charge in [-0.05, 0) is 29.7 Å². The van der Waals surface area contributed by atoms with Crippen molar-refractivity contribution in [3.05, 3.63) is 70.8 Å². The lowest BCUT2D eigenvalue weighted by Crippen LogP contribution is -1.86. The molecular formula is C16H12N4O2. The third-order valence-corrected chi connectivity index (χ3v) is 3.25. The molecule has 108 valence electrons. The molecule has 0 aliphatic heterocycles. The molecule has 0 radical (unpaired) electrons. The Morgan fingerprint density at radius 1 is 0.909 bits per heavy atom. The van der Waals surface area contributed by atoms with Gasteiger partial charge in [-0.1, -0.05) is 24.3 Å². The molecule has 0 saturated carbocycles. The molecule has 0 amide bonds. The maximum absolute atomic E-state index is 10.6. The standard InChI is InChI=1S/C16H12N4O2/c17-14-5-1-3-11-4-2-6-15(16(11)14)19-18-12-7-9-13(10-8-12)20(21)22/h1-10H,17H2. The summed E-state index contributed by atoms with van der Waals surface area (Å²) in [5.41, 5.74) is 7.86. The van der Waals surface area contributed by atoms with Crippen LogP contribution >= 0.6 is 0 Å². The van der Waals surface area contributed by atoms with Gasteiger partial charge in [0.25, 0.3) is 5.69 Å². The highest BCUT2D eigenvalue weighted by Gasteiger charge is 2.05. The molecule has 0 aliphatic carbocycles. The van der Waals surface area contributed by atoms with Crippen LogP contribution in [0.4, 0.5) is 22.7 Å². The van der Waals surface area contributed by atoms with Crippen LogP contribution in [0, 0.1) is 10.1 Å². The van der Waals surface area contributed by atoms with Gasteiger partial charge in [0.2, 0.25) is 0 Å². The second kappa shape index (κ2) is 5.61. The topological polar surface area (TPSA) is 93.9 Å². The van der Waals surface area contributed by atoms with E-state index in [1.54, 1.807) is 12.1 Å². The number of azo groups is 1. The van der Waals surface area contributed by atoms with E-state index in [4.69, 9.17) is 5.73 Å². The fourth-order valence-corrected chi connectivity index (χ4v) is 2.19. The lowest BCUT2D eigenvalue weighted by molar-refractivity contribution is -0.384. The zero-order valence-corrected chi connectivity index (χ0v) is 11.5. The number of benzene rings is 3. The van der Waals surface area contributed by atoms with Crippen molar-refractivity contribution >= 4 is 33.5 Å². The molecule has 0 aliphatic rings. The normalized spacial score (nSPS) is 11.1. The molecule has 22 heavy (non-hydrogen) atoms. The third-order valence-electron chi connectivity index (χ3n) is 3.25. The molecule has 0 unspecified atom stereocenters. The van der Waals surface area contributed by atoms with Crippen LogP contribution in [-0.4, -0.2) is 4.92 Å². The molecule has 3 aromatic rings. The van der Waals surface area contributed by atoms with Gasteiger partial charge in [-0.3, -0.25) is 10.1 Å². The molecule has 6 nitrogen and oxygen atoms in total. The van der Waals surface area contributed by atoms with Crippen LogP contribution < -0.4 is 5.73 Å². The van der Waals surface area contributed by atoms with Crippen molar-refractivity contribution in [2.45, 2.75) is 0 Å². The van der Waals surface area contributed by atoms with Crippen LogP contribution in [0.5, 0.6) is 0 Å². The average Bonchev–Trinajstić information content (AvgIpc) is 2.53. The highest BCUT2D eigenvalue weighted by Crippen LogP contribution is 2.32. The maximum atomic E-state index is 10.6. The van der Waals surface area contributed by atoms with Crippen molar-refractivity contribution in [2.24, 2.45) is 10.2 Å². The highest BCUT2D eigenvalue weighted by molar-refractivity contribution is 6.01. The minimum Gasteiger partial charge on any atom is -0.398 e. The lowest BCUT2D eigenvalue weighted by atomic mass is 10.1. The number of anilines is 1. The smallest absolute Gasteiger partial charge is 0.269 e. The Morgan fingerprint density at radius 2 is 1.59 bits per heavy atom. The van der Waals surface area contributed by atoms with Crippen LogP contribution in [0.1, 0.15) is 0 Å². The van der Waals surface area contributed by atoms with Gasteiger partial charge in [-0.15, -0.1) is 5.11 Å². The summed E-state index contributed by atoms with van der Waals surface area (Å²) in [5, 5.41) is 20.8. The number of fused-ring (bicyclic) bond motifs is 1. The van der Waals surface area contributed by atoms with Crippen molar-refractivity contribution < 1.29 is 4.92 Å². The van der Waals surface area contributed by atoms with Gasteiger partial charge in [0.1, 0.15) is 0 Å². The summed E-state index contributed by atoms with van der Waals surface area (Å²) in [6.45, 7) is 0. The van der Waals surface area contributed by atoms with Crippen LogP contribution in [0.2, 0.25) is 0 Å². The molecule has 0 aromatic heterocycles. The SMILES string of the molecule is Nc1cccc2cccc(N=Nc3ccc([N+](=O)[O-])cc3)c12. The summed E-state index contributed by atoms with van der Waals surface area (Å²) in [4.78, 5) is 10.2. The van der Waals surface area contributed by atoms with E-state index < -0.39 is 4.92 Å². The molecule has 3 rings (SSSR count). The maximum Gasteiger partial charge on any atom is 0.269 e. The van der Waals surface area contributed by atoms with Crippen LogP contribution in [0.3, 0.4) is 0 Å². The molecule has 0 heterocycles.